The van der Waals surface area contributed by atoms with E-state index in [2.05, 4.69) is 33.2 Å². The molecule has 0 unspecified atom stereocenters. The number of carbonyl (C=O) groups excluding carboxylic acids is 2. The Labute approximate surface area is 142 Å². The Hall–Kier alpha value is -1.89. The Morgan fingerprint density at radius 3 is 2.86 bits per heavy atom. The topological polar surface area (TPSA) is 58.2 Å². The molecule has 0 aliphatic carbocycles. The summed E-state index contributed by atoms with van der Waals surface area (Å²) in [7, 11) is 0. The highest BCUT2D eigenvalue weighted by atomic mass is 127. The maximum Gasteiger partial charge on any atom is 0.256 e. The summed E-state index contributed by atoms with van der Waals surface area (Å²) in [5.74, 6) is -0.0773. The summed E-state index contributed by atoms with van der Waals surface area (Å²) in [5.41, 5.74) is 4.39. The highest BCUT2D eigenvalue weighted by Crippen LogP contribution is 2.26. The zero-order chi connectivity index (χ0) is 15.7. The van der Waals surface area contributed by atoms with Gasteiger partial charge >= 0.3 is 0 Å². The van der Waals surface area contributed by atoms with E-state index in [0.717, 1.165) is 26.1 Å². The average Bonchev–Trinajstić information content (AvgIpc) is 2.50. The van der Waals surface area contributed by atoms with Gasteiger partial charge in [0.25, 0.3) is 5.91 Å². The minimum atomic E-state index is -0.118. The molecule has 0 saturated carbocycles. The number of amides is 2. The molecule has 0 saturated heterocycles. The van der Waals surface area contributed by atoms with E-state index in [1.807, 2.05) is 43.3 Å². The van der Waals surface area contributed by atoms with E-state index < -0.39 is 0 Å². The number of nitrogens with one attached hydrogen (secondary N) is 2. The van der Waals surface area contributed by atoms with Gasteiger partial charge in [0.2, 0.25) is 5.91 Å². The molecule has 0 fully saturated rings. The van der Waals surface area contributed by atoms with Crippen LogP contribution in [0.1, 0.15) is 27.9 Å². The number of hydrogen-bond donors (Lipinski definition) is 2. The first-order valence-corrected chi connectivity index (χ1v) is 8.12. The number of hydrogen-bond acceptors (Lipinski definition) is 2. The normalized spacial score (nSPS) is 13.3. The number of fused-ring (bicyclic) bond motifs is 1. The number of benzene rings is 2. The molecule has 2 aromatic carbocycles. The van der Waals surface area contributed by atoms with Gasteiger partial charge in [-0.25, -0.2) is 0 Å². The molecule has 2 amide bonds. The lowest BCUT2D eigenvalue weighted by molar-refractivity contribution is -0.116. The van der Waals surface area contributed by atoms with Crippen LogP contribution in [0.5, 0.6) is 0 Å². The van der Waals surface area contributed by atoms with Crippen molar-refractivity contribution in [2.24, 2.45) is 0 Å². The van der Waals surface area contributed by atoms with Crippen LogP contribution in [0.25, 0.3) is 0 Å². The zero-order valence-corrected chi connectivity index (χ0v) is 14.2. The van der Waals surface area contributed by atoms with E-state index in [1.54, 1.807) is 0 Å². The first kappa shape index (κ1) is 15.0. The average molecular weight is 406 g/mol. The molecular formula is C17H15IN2O2. The van der Waals surface area contributed by atoms with Crippen LogP contribution in [0.3, 0.4) is 0 Å². The predicted octanol–water partition coefficient (Wildman–Crippen LogP) is 3.74. The molecule has 4 nitrogen and oxygen atoms in total. The number of carbonyl (C=O) groups is 2. The molecule has 112 valence electrons. The second kappa shape index (κ2) is 6.08. The molecule has 0 atom stereocenters. The third-order valence-corrected chi connectivity index (χ3v) is 5.13. The second-order valence-electron chi connectivity index (χ2n) is 5.31. The van der Waals surface area contributed by atoms with Crippen molar-refractivity contribution in [3.63, 3.8) is 0 Å². The molecule has 0 bridgehead atoms. The van der Waals surface area contributed by atoms with Crippen molar-refractivity contribution in [3.8, 4) is 0 Å². The fraction of sp³-hybridized carbons (Fsp3) is 0.176. The van der Waals surface area contributed by atoms with E-state index >= 15 is 0 Å². The van der Waals surface area contributed by atoms with Crippen molar-refractivity contribution < 1.29 is 9.59 Å². The van der Waals surface area contributed by atoms with Gasteiger partial charge in [0.15, 0.2) is 0 Å². The highest BCUT2D eigenvalue weighted by molar-refractivity contribution is 14.1. The Balaban J connectivity index is 1.83. The van der Waals surface area contributed by atoms with Crippen LogP contribution in [-0.2, 0) is 11.2 Å². The van der Waals surface area contributed by atoms with Gasteiger partial charge in [-0.05, 0) is 71.3 Å². The van der Waals surface area contributed by atoms with Crippen LogP contribution in [-0.4, -0.2) is 11.8 Å². The lowest BCUT2D eigenvalue weighted by Gasteiger charge is -2.18. The van der Waals surface area contributed by atoms with E-state index in [9.17, 15) is 9.59 Å². The van der Waals surface area contributed by atoms with Gasteiger partial charge in [0, 0.05) is 21.4 Å². The molecule has 3 rings (SSSR count). The Bertz CT molecular complexity index is 771. The molecule has 5 heteroatoms. The molecule has 2 aromatic rings. The van der Waals surface area contributed by atoms with E-state index in [4.69, 9.17) is 0 Å². The van der Waals surface area contributed by atoms with Crippen LogP contribution in [0, 0.1) is 10.5 Å². The smallest absolute Gasteiger partial charge is 0.256 e. The standard InChI is InChI=1S/C17H15IN2O2/c1-10-3-2-4-13(16(10)18)17(22)19-12-6-7-14-11(9-12)5-8-15(21)20-14/h2-4,6-7,9H,5,8H2,1H3,(H,19,22)(H,20,21). The first-order chi connectivity index (χ1) is 10.5. The minimum absolute atomic E-state index is 0.0404. The van der Waals surface area contributed by atoms with Crippen molar-refractivity contribution in [2.75, 3.05) is 10.6 Å². The summed E-state index contributed by atoms with van der Waals surface area (Å²) >= 11 is 2.19. The summed E-state index contributed by atoms with van der Waals surface area (Å²) in [4.78, 5) is 23.8. The molecule has 2 N–H and O–H groups in total. The third kappa shape index (κ3) is 2.99. The van der Waals surface area contributed by atoms with Crippen LogP contribution in [0.15, 0.2) is 36.4 Å². The molecule has 1 heterocycles. The second-order valence-corrected chi connectivity index (χ2v) is 6.39. The molecule has 22 heavy (non-hydrogen) atoms. The maximum atomic E-state index is 12.4. The molecule has 1 aliphatic rings. The maximum absolute atomic E-state index is 12.4. The monoisotopic (exact) mass is 406 g/mol. The van der Waals surface area contributed by atoms with Gasteiger partial charge in [0.05, 0.1) is 5.56 Å². The fourth-order valence-corrected chi connectivity index (χ4v) is 3.09. The number of anilines is 2. The number of halogens is 1. The summed E-state index contributed by atoms with van der Waals surface area (Å²) in [5, 5.41) is 5.77. The largest absolute Gasteiger partial charge is 0.326 e. The molecular weight excluding hydrogens is 391 g/mol. The quantitative estimate of drug-likeness (QED) is 0.747. The van der Waals surface area contributed by atoms with Crippen LogP contribution >= 0.6 is 22.6 Å². The van der Waals surface area contributed by atoms with Gasteiger partial charge in [0.1, 0.15) is 0 Å². The van der Waals surface area contributed by atoms with Crippen LogP contribution in [0.4, 0.5) is 11.4 Å². The summed E-state index contributed by atoms with van der Waals surface area (Å²) < 4.78 is 0.961. The molecule has 0 aromatic heterocycles. The lowest BCUT2D eigenvalue weighted by Crippen LogP contribution is -2.19. The van der Waals surface area contributed by atoms with Crippen molar-refractivity contribution >= 4 is 45.8 Å². The van der Waals surface area contributed by atoms with E-state index in [-0.39, 0.29) is 11.8 Å². The third-order valence-electron chi connectivity index (χ3n) is 3.70. The van der Waals surface area contributed by atoms with Gasteiger partial charge in [-0.3, -0.25) is 9.59 Å². The SMILES string of the molecule is Cc1cccc(C(=O)Nc2ccc3c(c2)CCC(=O)N3)c1I. The molecule has 0 radical (unpaired) electrons. The Kier molecular flexibility index (Phi) is 4.15. The zero-order valence-electron chi connectivity index (χ0n) is 12.1. The van der Waals surface area contributed by atoms with Crippen LogP contribution in [0.2, 0.25) is 0 Å². The molecule has 1 aliphatic heterocycles. The van der Waals surface area contributed by atoms with Gasteiger partial charge in [-0.2, -0.15) is 0 Å². The van der Waals surface area contributed by atoms with Crippen molar-refractivity contribution in [2.45, 2.75) is 19.8 Å². The first-order valence-electron chi connectivity index (χ1n) is 7.04. The Morgan fingerprint density at radius 1 is 1.23 bits per heavy atom. The van der Waals surface area contributed by atoms with E-state index in [0.29, 0.717) is 18.4 Å². The van der Waals surface area contributed by atoms with Gasteiger partial charge in [-0.15, -0.1) is 0 Å². The van der Waals surface area contributed by atoms with Crippen molar-refractivity contribution in [3.05, 3.63) is 56.7 Å². The lowest BCUT2D eigenvalue weighted by atomic mass is 10.0. The van der Waals surface area contributed by atoms with Gasteiger partial charge < -0.3 is 10.6 Å². The van der Waals surface area contributed by atoms with E-state index in [1.165, 1.54) is 0 Å². The minimum Gasteiger partial charge on any atom is -0.326 e. The Morgan fingerprint density at radius 2 is 2.05 bits per heavy atom. The summed E-state index contributed by atoms with van der Waals surface area (Å²) in [6.45, 7) is 1.99. The summed E-state index contributed by atoms with van der Waals surface area (Å²) in [6.07, 6.45) is 1.19. The summed E-state index contributed by atoms with van der Waals surface area (Å²) in [6, 6.07) is 11.3. The number of rotatable bonds is 2. The van der Waals surface area contributed by atoms with Gasteiger partial charge in [-0.1, -0.05) is 12.1 Å². The molecule has 0 spiro atoms. The fourth-order valence-electron chi connectivity index (χ4n) is 2.48. The van der Waals surface area contributed by atoms with Crippen LogP contribution < -0.4 is 10.6 Å². The highest BCUT2D eigenvalue weighted by Gasteiger charge is 2.16. The van der Waals surface area contributed by atoms with Crippen molar-refractivity contribution in [1.82, 2.24) is 0 Å². The number of aryl methyl sites for hydroxylation is 2. The predicted molar refractivity (Wildman–Crippen MR) is 95.2 cm³/mol. The van der Waals surface area contributed by atoms with Crippen molar-refractivity contribution in [1.29, 1.82) is 0 Å².